The van der Waals surface area contributed by atoms with E-state index in [1.807, 2.05) is 19.9 Å². The second kappa shape index (κ2) is 4.44. The van der Waals surface area contributed by atoms with Crippen LogP contribution >= 0.6 is 0 Å². The Morgan fingerprint density at radius 1 is 1.32 bits per heavy atom. The van der Waals surface area contributed by atoms with Crippen LogP contribution in [-0.4, -0.2) is 16.4 Å². The Balaban J connectivity index is 2.10. The summed E-state index contributed by atoms with van der Waals surface area (Å²) in [5.41, 5.74) is 2.01. The SMILES string of the molecule is CC(C)(C)CC(C)(C)NC(=O)c1cc2occc2[nH]1. The van der Waals surface area contributed by atoms with E-state index in [1.54, 1.807) is 12.3 Å². The van der Waals surface area contributed by atoms with Crippen molar-refractivity contribution in [1.82, 2.24) is 10.3 Å². The summed E-state index contributed by atoms with van der Waals surface area (Å²) >= 11 is 0. The van der Waals surface area contributed by atoms with Crippen molar-refractivity contribution < 1.29 is 9.21 Å². The predicted molar refractivity (Wildman–Crippen MR) is 76.2 cm³/mol. The first-order valence-corrected chi connectivity index (χ1v) is 6.55. The zero-order chi connectivity index (χ0) is 14.3. The molecule has 2 heterocycles. The highest BCUT2D eigenvalue weighted by Gasteiger charge is 2.27. The maximum Gasteiger partial charge on any atom is 0.268 e. The number of H-pyrrole nitrogens is 1. The second-order valence-corrected chi connectivity index (χ2v) is 6.96. The molecule has 0 aromatic carbocycles. The number of fused-ring (bicyclic) bond motifs is 1. The number of carbonyl (C=O) groups excluding carboxylic acids is 1. The highest BCUT2D eigenvalue weighted by atomic mass is 16.3. The van der Waals surface area contributed by atoms with E-state index in [1.165, 1.54) is 0 Å². The monoisotopic (exact) mass is 262 g/mol. The minimum absolute atomic E-state index is 0.0966. The van der Waals surface area contributed by atoms with Crippen LogP contribution in [0.4, 0.5) is 0 Å². The van der Waals surface area contributed by atoms with Crippen molar-refractivity contribution in [2.75, 3.05) is 0 Å². The molecule has 0 unspecified atom stereocenters. The quantitative estimate of drug-likeness (QED) is 0.886. The molecule has 0 radical (unpaired) electrons. The van der Waals surface area contributed by atoms with Crippen LogP contribution in [0, 0.1) is 5.41 Å². The van der Waals surface area contributed by atoms with Crippen LogP contribution in [-0.2, 0) is 0 Å². The normalized spacial score (nSPS) is 12.9. The van der Waals surface area contributed by atoms with Gasteiger partial charge in [0, 0.05) is 17.7 Å². The van der Waals surface area contributed by atoms with Gasteiger partial charge in [-0.2, -0.15) is 0 Å². The number of aromatic amines is 1. The number of hydrogen-bond donors (Lipinski definition) is 2. The standard InChI is InChI=1S/C15H22N2O2/c1-14(2,3)9-15(4,5)17-13(18)11-8-12-10(16-11)6-7-19-12/h6-8,16H,9H2,1-5H3,(H,17,18). The van der Waals surface area contributed by atoms with E-state index >= 15 is 0 Å². The molecule has 2 aromatic rings. The minimum Gasteiger partial charge on any atom is -0.463 e. The summed E-state index contributed by atoms with van der Waals surface area (Å²) in [4.78, 5) is 15.3. The van der Waals surface area contributed by atoms with Gasteiger partial charge in [0.1, 0.15) is 5.69 Å². The Morgan fingerprint density at radius 3 is 2.58 bits per heavy atom. The third-order valence-electron chi connectivity index (χ3n) is 2.91. The summed E-state index contributed by atoms with van der Waals surface area (Å²) in [6.07, 6.45) is 2.51. The Labute approximate surface area is 113 Å². The first kappa shape index (κ1) is 13.7. The van der Waals surface area contributed by atoms with Gasteiger partial charge < -0.3 is 14.7 Å². The van der Waals surface area contributed by atoms with E-state index in [0.29, 0.717) is 11.3 Å². The molecule has 2 aromatic heterocycles. The molecule has 0 atom stereocenters. The molecule has 0 aliphatic rings. The number of rotatable bonds is 3. The number of furan rings is 1. The van der Waals surface area contributed by atoms with Gasteiger partial charge in [-0.1, -0.05) is 20.8 Å². The molecule has 4 heteroatoms. The van der Waals surface area contributed by atoms with Gasteiger partial charge in [-0.3, -0.25) is 4.79 Å². The Bertz CT molecular complexity index is 556. The van der Waals surface area contributed by atoms with Crippen molar-refractivity contribution >= 4 is 17.0 Å². The summed E-state index contributed by atoms with van der Waals surface area (Å²) < 4.78 is 5.25. The molecule has 0 fully saturated rings. The molecular weight excluding hydrogens is 240 g/mol. The molecule has 1 amide bonds. The molecule has 0 spiro atoms. The number of aromatic nitrogens is 1. The van der Waals surface area contributed by atoms with Gasteiger partial charge in [-0.15, -0.1) is 0 Å². The van der Waals surface area contributed by atoms with E-state index in [-0.39, 0.29) is 16.9 Å². The molecule has 19 heavy (non-hydrogen) atoms. The maximum atomic E-state index is 12.2. The number of amides is 1. The topological polar surface area (TPSA) is 58.0 Å². The lowest BCUT2D eigenvalue weighted by Crippen LogP contribution is -2.45. The summed E-state index contributed by atoms with van der Waals surface area (Å²) in [5, 5.41) is 3.07. The molecule has 2 rings (SSSR count). The lowest BCUT2D eigenvalue weighted by Gasteiger charge is -2.33. The van der Waals surface area contributed by atoms with Gasteiger partial charge in [0.2, 0.25) is 0 Å². The molecule has 0 saturated carbocycles. The van der Waals surface area contributed by atoms with Gasteiger partial charge in [0.25, 0.3) is 5.91 Å². The fourth-order valence-corrected chi connectivity index (χ4v) is 2.72. The fourth-order valence-electron chi connectivity index (χ4n) is 2.72. The molecule has 0 aliphatic heterocycles. The molecule has 104 valence electrons. The lowest BCUT2D eigenvalue weighted by atomic mass is 9.82. The summed E-state index contributed by atoms with van der Waals surface area (Å²) in [6, 6.07) is 3.55. The van der Waals surface area contributed by atoms with Crippen molar-refractivity contribution in [3.8, 4) is 0 Å². The van der Waals surface area contributed by atoms with E-state index in [4.69, 9.17) is 4.42 Å². The average molecular weight is 262 g/mol. The minimum atomic E-state index is -0.248. The number of nitrogens with one attached hydrogen (secondary N) is 2. The Hall–Kier alpha value is -1.71. The molecule has 4 nitrogen and oxygen atoms in total. The molecule has 0 aliphatic carbocycles. The number of carbonyl (C=O) groups is 1. The van der Waals surface area contributed by atoms with Crippen LogP contribution in [0.3, 0.4) is 0 Å². The molecule has 0 bridgehead atoms. The van der Waals surface area contributed by atoms with Gasteiger partial charge >= 0.3 is 0 Å². The molecular formula is C15H22N2O2. The van der Waals surface area contributed by atoms with Crippen LogP contribution in [0.25, 0.3) is 11.1 Å². The Kier molecular flexibility index (Phi) is 3.20. The van der Waals surface area contributed by atoms with E-state index in [9.17, 15) is 4.79 Å². The first-order chi connectivity index (χ1) is 8.66. The van der Waals surface area contributed by atoms with Gasteiger partial charge in [-0.25, -0.2) is 0 Å². The van der Waals surface area contributed by atoms with Crippen molar-refractivity contribution in [3.63, 3.8) is 0 Å². The van der Waals surface area contributed by atoms with Crippen molar-refractivity contribution in [1.29, 1.82) is 0 Å². The van der Waals surface area contributed by atoms with E-state index in [0.717, 1.165) is 11.9 Å². The summed E-state index contributed by atoms with van der Waals surface area (Å²) in [6.45, 7) is 10.6. The van der Waals surface area contributed by atoms with E-state index in [2.05, 4.69) is 31.1 Å². The maximum absolute atomic E-state index is 12.2. The van der Waals surface area contributed by atoms with Crippen LogP contribution in [0.1, 0.15) is 51.5 Å². The molecule has 2 N–H and O–H groups in total. The summed E-state index contributed by atoms with van der Waals surface area (Å²) in [7, 11) is 0. The number of hydrogen-bond acceptors (Lipinski definition) is 2. The summed E-state index contributed by atoms with van der Waals surface area (Å²) in [5.74, 6) is -0.0966. The van der Waals surface area contributed by atoms with Crippen LogP contribution in [0.5, 0.6) is 0 Å². The van der Waals surface area contributed by atoms with Gasteiger partial charge in [-0.05, 0) is 25.7 Å². The third-order valence-corrected chi connectivity index (χ3v) is 2.91. The fraction of sp³-hybridized carbons (Fsp3) is 0.533. The smallest absolute Gasteiger partial charge is 0.268 e. The highest BCUT2D eigenvalue weighted by molar-refractivity contribution is 5.97. The Morgan fingerprint density at radius 2 is 2.00 bits per heavy atom. The van der Waals surface area contributed by atoms with Crippen molar-refractivity contribution in [2.24, 2.45) is 5.41 Å². The zero-order valence-electron chi connectivity index (χ0n) is 12.3. The zero-order valence-corrected chi connectivity index (χ0v) is 12.3. The van der Waals surface area contributed by atoms with Crippen LogP contribution in [0.2, 0.25) is 0 Å². The second-order valence-electron chi connectivity index (χ2n) is 6.96. The lowest BCUT2D eigenvalue weighted by molar-refractivity contribution is 0.0887. The van der Waals surface area contributed by atoms with Crippen LogP contribution < -0.4 is 5.32 Å². The first-order valence-electron chi connectivity index (χ1n) is 6.55. The van der Waals surface area contributed by atoms with Gasteiger partial charge in [0.05, 0.1) is 11.8 Å². The van der Waals surface area contributed by atoms with Crippen molar-refractivity contribution in [2.45, 2.75) is 46.6 Å². The average Bonchev–Trinajstić information content (AvgIpc) is 2.69. The van der Waals surface area contributed by atoms with E-state index < -0.39 is 0 Å². The van der Waals surface area contributed by atoms with Crippen molar-refractivity contribution in [3.05, 3.63) is 24.1 Å². The highest BCUT2D eigenvalue weighted by Crippen LogP contribution is 2.27. The van der Waals surface area contributed by atoms with Crippen LogP contribution in [0.15, 0.2) is 22.8 Å². The third kappa shape index (κ3) is 3.40. The largest absolute Gasteiger partial charge is 0.463 e. The molecule has 0 saturated heterocycles. The predicted octanol–water partition coefficient (Wildman–Crippen LogP) is 3.71. The van der Waals surface area contributed by atoms with Gasteiger partial charge in [0.15, 0.2) is 5.58 Å².